The monoisotopic (exact) mass is 489 g/mol. The quantitative estimate of drug-likeness (QED) is 0.516. The highest BCUT2D eigenvalue weighted by atomic mass is 32.2. The molecule has 6 nitrogen and oxygen atoms in total. The van der Waals surface area contributed by atoms with Crippen molar-refractivity contribution in [3.8, 4) is 0 Å². The molecule has 1 fully saturated rings. The van der Waals surface area contributed by atoms with Gasteiger partial charge < -0.3 is 4.74 Å². The normalized spacial score (nSPS) is 26.1. The van der Waals surface area contributed by atoms with Gasteiger partial charge in [-0.2, -0.15) is 4.31 Å². The van der Waals surface area contributed by atoms with Crippen molar-refractivity contribution >= 4 is 21.8 Å². The molecule has 0 aromatic heterocycles. The fourth-order valence-electron chi connectivity index (χ4n) is 6.00. The van der Waals surface area contributed by atoms with Gasteiger partial charge in [0.25, 0.3) is 0 Å². The second kappa shape index (κ2) is 8.14. The molecule has 0 radical (unpaired) electrons. The van der Waals surface area contributed by atoms with Crippen molar-refractivity contribution in [2.24, 2.45) is 5.41 Å². The highest BCUT2D eigenvalue weighted by Crippen LogP contribution is 2.62. The topological polar surface area (TPSA) is 80.8 Å². The number of carbonyl (C=O) groups is 2. The van der Waals surface area contributed by atoms with Gasteiger partial charge in [-0.15, -0.1) is 0 Å². The number of esters is 1. The van der Waals surface area contributed by atoms with Crippen molar-refractivity contribution in [1.29, 1.82) is 0 Å². The first-order chi connectivity index (χ1) is 16.7. The SMILES string of the molecule is COC(=O)[C@]1(C)CN(S(=O)(=O)c2ccc(C)cc2)C[C@@]12c1ccccc1C(=O)[C@@H]2c1ccccc1. The standard InChI is InChI=1S/C28H27NO5S/c1-19-13-15-21(16-14-19)35(32,33)29-17-27(2,26(31)34-3)28(18-29)23-12-8-7-11-22(23)25(30)24(28)20-9-5-4-6-10-20/h4-16,24H,17-18H2,1-3H3/t24-,27-,28-/m0/s1. The molecule has 1 spiro atoms. The second-order valence-corrected chi connectivity index (χ2v) is 11.6. The summed E-state index contributed by atoms with van der Waals surface area (Å²) in [5.74, 6) is -1.38. The lowest BCUT2D eigenvalue weighted by Gasteiger charge is -2.42. The van der Waals surface area contributed by atoms with Crippen molar-refractivity contribution in [1.82, 2.24) is 4.31 Å². The minimum atomic E-state index is -3.94. The van der Waals surface area contributed by atoms with E-state index >= 15 is 0 Å². The number of ether oxygens (including phenoxy) is 1. The number of hydrogen-bond acceptors (Lipinski definition) is 5. The van der Waals surface area contributed by atoms with Gasteiger partial charge in [0.05, 0.1) is 23.3 Å². The van der Waals surface area contributed by atoms with Gasteiger partial charge in [0.15, 0.2) is 5.78 Å². The van der Waals surface area contributed by atoms with Gasteiger partial charge in [0.2, 0.25) is 10.0 Å². The maximum Gasteiger partial charge on any atom is 0.313 e. The lowest BCUT2D eigenvalue weighted by Crippen LogP contribution is -2.51. The van der Waals surface area contributed by atoms with Crippen LogP contribution in [-0.4, -0.2) is 44.7 Å². The first-order valence-electron chi connectivity index (χ1n) is 11.5. The first kappa shape index (κ1) is 23.5. The maximum absolute atomic E-state index is 13.9. The number of carbonyl (C=O) groups excluding carboxylic acids is 2. The number of Topliss-reactive ketones (excluding diaryl/α,β-unsaturated/α-hetero) is 1. The van der Waals surface area contributed by atoms with E-state index in [0.29, 0.717) is 11.1 Å². The fraction of sp³-hybridized carbons (Fsp3) is 0.286. The minimum absolute atomic E-state index is 0.0167. The summed E-state index contributed by atoms with van der Waals surface area (Å²) in [5.41, 5.74) is 0.466. The van der Waals surface area contributed by atoms with E-state index in [2.05, 4.69) is 0 Å². The van der Waals surface area contributed by atoms with E-state index in [0.717, 1.165) is 11.1 Å². The second-order valence-electron chi connectivity index (χ2n) is 9.63. The van der Waals surface area contributed by atoms with Gasteiger partial charge in [-0.05, 0) is 37.1 Å². The molecule has 0 unspecified atom stereocenters. The Morgan fingerprint density at radius 2 is 1.57 bits per heavy atom. The van der Waals surface area contributed by atoms with Gasteiger partial charge >= 0.3 is 5.97 Å². The van der Waals surface area contributed by atoms with E-state index in [9.17, 15) is 18.0 Å². The van der Waals surface area contributed by atoms with Crippen LogP contribution in [0.3, 0.4) is 0 Å². The highest BCUT2D eigenvalue weighted by Gasteiger charge is 2.70. The van der Waals surface area contributed by atoms with Crippen molar-refractivity contribution in [3.63, 3.8) is 0 Å². The Labute approximate surface area is 205 Å². The van der Waals surface area contributed by atoms with Crippen LogP contribution < -0.4 is 0 Å². The summed E-state index contributed by atoms with van der Waals surface area (Å²) in [4.78, 5) is 27.5. The zero-order valence-electron chi connectivity index (χ0n) is 19.9. The van der Waals surface area contributed by atoms with Gasteiger partial charge in [-0.25, -0.2) is 8.42 Å². The lowest BCUT2D eigenvalue weighted by atomic mass is 9.57. The van der Waals surface area contributed by atoms with Gasteiger partial charge in [0, 0.05) is 24.1 Å². The number of methoxy groups -OCH3 is 1. The molecule has 1 aliphatic heterocycles. The Balaban J connectivity index is 1.76. The molecule has 35 heavy (non-hydrogen) atoms. The third-order valence-electron chi connectivity index (χ3n) is 7.76. The minimum Gasteiger partial charge on any atom is -0.469 e. The predicted molar refractivity (Wildman–Crippen MR) is 132 cm³/mol. The zero-order valence-corrected chi connectivity index (χ0v) is 20.7. The number of aryl methyl sites for hydroxylation is 1. The van der Waals surface area contributed by atoms with Crippen LogP contribution in [0.25, 0.3) is 0 Å². The molecule has 0 saturated carbocycles. The molecule has 0 amide bonds. The summed E-state index contributed by atoms with van der Waals surface area (Å²) in [7, 11) is -2.64. The fourth-order valence-corrected chi connectivity index (χ4v) is 7.58. The molecule has 7 heteroatoms. The molecular weight excluding hydrogens is 462 g/mol. The molecule has 5 rings (SSSR count). The molecule has 0 N–H and O–H groups in total. The Morgan fingerprint density at radius 3 is 2.23 bits per heavy atom. The van der Waals surface area contributed by atoms with E-state index in [1.807, 2.05) is 49.4 Å². The average molecular weight is 490 g/mol. The summed E-state index contributed by atoms with van der Waals surface area (Å²) in [6.07, 6.45) is 0. The maximum atomic E-state index is 13.9. The number of nitrogens with zero attached hydrogens (tertiary/aromatic N) is 1. The van der Waals surface area contributed by atoms with Crippen LogP contribution in [0.2, 0.25) is 0 Å². The van der Waals surface area contributed by atoms with Crippen LogP contribution in [0.5, 0.6) is 0 Å². The van der Waals surface area contributed by atoms with Crippen molar-refractivity contribution in [2.45, 2.75) is 30.1 Å². The van der Waals surface area contributed by atoms with E-state index in [4.69, 9.17) is 4.74 Å². The van der Waals surface area contributed by atoms with E-state index < -0.39 is 32.7 Å². The number of fused-ring (bicyclic) bond motifs is 2. The molecular formula is C28H27NO5S. The third kappa shape index (κ3) is 3.22. The van der Waals surface area contributed by atoms with E-state index in [1.165, 1.54) is 11.4 Å². The largest absolute Gasteiger partial charge is 0.469 e. The molecule has 1 heterocycles. The van der Waals surface area contributed by atoms with Crippen molar-refractivity contribution in [2.75, 3.05) is 20.2 Å². The van der Waals surface area contributed by atoms with Crippen LogP contribution in [0.1, 0.15) is 39.9 Å². The van der Waals surface area contributed by atoms with E-state index in [1.54, 1.807) is 43.3 Å². The number of benzene rings is 3. The van der Waals surface area contributed by atoms with Gasteiger partial charge in [0.1, 0.15) is 0 Å². The van der Waals surface area contributed by atoms with Crippen molar-refractivity contribution < 1.29 is 22.7 Å². The van der Waals surface area contributed by atoms with Gasteiger partial charge in [-0.1, -0.05) is 72.3 Å². The third-order valence-corrected chi connectivity index (χ3v) is 9.56. The summed E-state index contributed by atoms with van der Waals surface area (Å²) in [5, 5.41) is 0. The highest BCUT2D eigenvalue weighted by molar-refractivity contribution is 7.89. The zero-order chi connectivity index (χ0) is 25.0. The molecule has 2 aliphatic rings. The number of ketones is 1. The van der Waals surface area contributed by atoms with Gasteiger partial charge in [-0.3, -0.25) is 9.59 Å². The molecule has 180 valence electrons. The number of sulfonamides is 1. The summed E-state index contributed by atoms with van der Waals surface area (Å²) < 4.78 is 34.2. The molecule has 0 bridgehead atoms. The lowest BCUT2D eigenvalue weighted by molar-refractivity contribution is -0.154. The molecule has 1 aliphatic carbocycles. The Bertz CT molecular complexity index is 1420. The summed E-state index contributed by atoms with van der Waals surface area (Å²) in [6, 6.07) is 23.2. The number of rotatable bonds is 4. The summed E-state index contributed by atoms with van der Waals surface area (Å²) in [6.45, 7) is 3.51. The molecule has 1 saturated heterocycles. The Morgan fingerprint density at radius 1 is 0.943 bits per heavy atom. The molecule has 3 atom stereocenters. The molecule has 3 aromatic carbocycles. The number of hydrogen-bond donors (Lipinski definition) is 0. The average Bonchev–Trinajstić information content (AvgIpc) is 3.33. The Kier molecular flexibility index (Phi) is 5.45. The predicted octanol–water partition coefficient (Wildman–Crippen LogP) is 4.10. The molecule has 3 aromatic rings. The van der Waals surface area contributed by atoms with Crippen LogP contribution in [-0.2, 0) is 25.0 Å². The Hall–Kier alpha value is -3.29. The van der Waals surface area contributed by atoms with Crippen LogP contribution in [0.4, 0.5) is 0 Å². The van der Waals surface area contributed by atoms with Crippen LogP contribution in [0.15, 0.2) is 83.8 Å². The van der Waals surface area contributed by atoms with Crippen LogP contribution >= 0.6 is 0 Å². The van der Waals surface area contributed by atoms with Crippen LogP contribution in [0, 0.1) is 12.3 Å². The summed E-state index contributed by atoms with van der Waals surface area (Å²) >= 11 is 0. The van der Waals surface area contributed by atoms with Crippen molar-refractivity contribution in [3.05, 3.63) is 101 Å². The smallest absolute Gasteiger partial charge is 0.313 e. The van der Waals surface area contributed by atoms with E-state index in [-0.39, 0.29) is 23.8 Å². The first-order valence-corrected chi connectivity index (χ1v) is 12.9.